The molecule has 0 saturated carbocycles. The number of carbonyl (C=O) groups is 2. The van der Waals surface area contributed by atoms with Crippen LogP contribution in [-0.2, 0) is 14.3 Å². The number of ketones is 1. The van der Waals surface area contributed by atoms with Gasteiger partial charge < -0.3 is 14.9 Å². The summed E-state index contributed by atoms with van der Waals surface area (Å²) in [5, 5.41) is 19.2. The predicted octanol–water partition coefficient (Wildman–Crippen LogP) is 2.42. The number of Topliss-reactive ketones (excluding diaryl/α,β-unsaturated/α-hetero) is 1. The molecular weight excluding hydrogens is 296 g/mol. The lowest BCUT2D eigenvalue weighted by Gasteiger charge is -2.32. The van der Waals surface area contributed by atoms with Gasteiger partial charge in [0.2, 0.25) is 0 Å². The van der Waals surface area contributed by atoms with Crippen LogP contribution in [0.25, 0.3) is 0 Å². The molecule has 0 aliphatic carbocycles. The van der Waals surface area contributed by atoms with E-state index in [2.05, 4.69) is 13.2 Å². The van der Waals surface area contributed by atoms with Gasteiger partial charge in [-0.2, -0.15) is 0 Å². The minimum absolute atomic E-state index is 0.0312. The first-order valence-corrected chi connectivity index (χ1v) is 7.94. The summed E-state index contributed by atoms with van der Waals surface area (Å²) in [6.45, 7) is 12.1. The SMILES string of the molecule is C=C(C)C(=O)CCC(COC(=O)C(=C)C)CC(CC)(CO)CO. The number of allylic oxidation sites excluding steroid dienone is 1. The summed E-state index contributed by atoms with van der Waals surface area (Å²) in [4.78, 5) is 23.3. The van der Waals surface area contributed by atoms with Crippen molar-refractivity contribution in [3.63, 3.8) is 0 Å². The minimum atomic E-state index is -0.632. The Balaban J connectivity index is 4.90. The van der Waals surface area contributed by atoms with Gasteiger partial charge in [0, 0.05) is 17.4 Å². The Morgan fingerprint density at radius 2 is 1.70 bits per heavy atom. The Bertz CT molecular complexity index is 396. The quantitative estimate of drug-likeness (QED) is 0.425. The van der Waals surface area contributed by atoms with Crippen LogP contribution in [0.15, 0.2) is 24.3 Å². The van der Waals surface area contributed by atoms with E-state index >= 15 is 0 Å². The topological polar surface area (TPSA) is 83.8 Å². The average Bonchev–Trinajstić information content (AvgIpc) is 2.53. The fourth-order valence-electron chi connectivity index (χ4n) is 2.27. The fraction of sp³-hybridized carbons (Fsp3) is 0.667. The van der Waals surface area contributed by atoms with Crippen LogP contribution in [0.3, 0.4) is 0 Å². The lowest BCUT2D eigenvalue weighted by molar-refractivity contribution is -0.141. The second-order valence-corrected chi connectivity index (χ2v) is 6.36. The highest BCUT2D eigenvalue weighted by molar-refractivity contribution is 5.94. The van der Waals surface area contributed by atoms with Gasteiger partial charge in [0.25, 0.3) is 0 Å². The summed E-state index contributed by atoms with van der Waals surface area (Å²) < 4.78 is 5.20. The van der Waals surface area contributed by atoms with Crippen molar-refractivity contribution in [2.75, 3.05) is 19.8 Å². The number of aliphatic hydroxyl groups excluding tert-OH is 2. The standard InChI is InChI=1S/C18H30O5/c1-6-18(11-19,12-20)9-15(7-8-16(21)13(2)3)10-23-17(22)14(4)5/h15,19-20H,2,4,6-12H2,1,3,5H3. The van der Waals surface area contributed by atoms with Crippen LogP contribution in [-0.4, -0.2) is 41.8 Å². The van der Waals surface area contributed by atoms with Gasteiger partial charge in [-0.3, -0.25) is 4.79 Å². The summed E-state index contributed by atoms with van der Waals surface area (Å²) in [6.07, 6.45) is 1.89. The number of esters is 1. The molecule has 0 radical (unpaired) electrons. The zero-order valence-electron chi connectivity index (χ0n) is 14.6. The van der Waals surface area contributed by atoms with E-state index in [0.29, 0.717) is 36.8 Å². The number of hydrogen-bond donors (Lipinski definition) is 2. The molecule has 0 aromatic rings. The molecule has 132 valence electrons. The number of carbonyl (C=O) groups excluding carboxylic acids is 2. The third-order valence-corrected chi connectivity index (χ3v) is 4.20. The van der Waals surface area contributed by atoms with Gasteiger partial charge >= 0.3 is 5.97 Å². The third-order valence-electron chi connectivity index (χ3n) is 4.20. The molecule has 0 aliphatic heterocycles. The first kappa shape index (κ1) is 21.5. The molecule has 0 spiro atoms. The first-order valence-electron chi connectivity index (χ1n) is 7.94. The van der Waals surface area contributed by atoms with E-state index in [1.54, 1.807) is 13.8 Å². The van der Waals surface area contributed by atoms with Crippen LogP contribution >= 0.6 is 0 Å². The largest absolute Gasteiger partial charge is 0.462 e. The van der Waals surface area contributed by atoms with E-state index in [1.807, 2.05) is 6.92 Å². The summed E-state index contributed by atoms with van der Waals surface area (Å²) >= 11 is 0. The molecule has 5 heteroatoms. The van der Waals surface area contributed by atoms with Crippen molar-refractivity contribution in [2.45, 2.75) is 46.5 Å². The normalized spacial score (nSPS) is 12.6. The van der Waals surface area contributed by atoms with Crippen molar-refractivity contribution in [3.05, 3.63) is 24.3 Å². The van der Waals surface area contributed by atoms with E-state index in [1.165, 1.54) is 0 Å². The fourth-order valence-corrected chi connectivity index (χ4v) is 2.27. The lowest BCUT2D eigenvalue weighted by atomic mass is 9.77. The van der Waals surface area contributed by atoms with Crippen LogP contribution in [0.4, 0.5) is 0 Å². The average molecular weight is 326 g/mol. The molecule has 23 heavy (non-hydrogen) atoms. The van der Waals surface area contributed by atoms with Crippen LogP contribution in [0.1, 0.15) is 46.5 Å². The van der Waals surface area contributed by atoms with Gasteiger partial charge in [0.05, 0.1) is 19.8 Å². The van der Waals surface area contributed by atoms with E-state index in [-0.39, 0.29) is 31.5 Å². The second kappa shape index (κ2) is 10.3. The zero-order chi connectivity index (χ0) is 18.0. The smallest absolute Gasteiger partial charge is 0.333 e. The van der Waals surface area contributed by atoms with Crippen molar-refractivity contribution in [1.82, 2.24) is 0 Å². The van der Waals surface area contributed by atoms with E-state index in [0.717, 1.165) is 0 Å². The molecule has 2 N–H and O–H groups in total. The molecule has 0 fully saturated rings. The van der Waals surface area contributed by atoms with Crippen molar-refractivity contribution < 1.29 is 24.5 Å². The predicted molar refractivity (Wildman–Crippen MR) is 89.8 cm³/mol. The second-order valence-electron chi connectivity index (χ2n) is 6.36. The summed E-state index contributed by atoms with van der Waals surface area (Å²) in [7, 11) is 0. The highest BCUT2D eigenvalue weighted by Crippen LogP contribution is 2.32. The lowest BCUT2D eigenvalue weighted by Crippen LogP contribution is -2.33. The highest BCUT2D eigenvalue weighted by atomic mass is 16.5. The molecule has 0 heterocycles. The number of aliphatic hydroxyl groups is 2. The van der Waals surface area contributed by atoms with Gasteiger partial charge in [-0.15, -0.1) is 0 Å². The number of hydrogen-bond acceptors (Lipinski definition) is 5. The highest BCUT2D eigenvalue weighted by Gasteiger charge is 2.31. The monoisotopic (exact) mass is 326 g/mol. The number of rotatable bonds is 12. The van der Waals surface area contributed by atoms with Crippen molar-refractivity contribution in [3.8, 4) is 0 Å². The Morgan fingerprint density at radius 1 is 1.13 bits per heavy atom. The minimum Gasteiger partial charge on any atom is -0.462 e. The van der Waals surface area contributed by atoms with Crippen LogP contribution in [0.5, 0.6) is 0 Å². The maximum atomic E-state index is 11.7. The molecule has 0 rings (SSSR count). The molecule has 1 unspecified atom stereocenters. The Morgan fingerprint density at radius 3 is 2.09 bits per heavy atom. The van der Waals surface area contributed by atoms with E-state index in [9.17, 15) is 19.8 Å². The molecule has 0 saturated heterocycles. The zero-order valence-corrected chi connectivity index (χ0v) is 14.6. The number of ether oxygens (including phenoxy) is 1. The molecule has 0 aliphatic rings. The molecule has 1 atom stereocenters. The van der Waals surface area contributed by atoms with Crippen molar-refractivity contribution in [1.29, 1.82) is 0 Å². The maximum absolute atomic E-state index is 11.7. The van der Waals surface area contributed by atoms with Crippen LogP contribution < -0.4 is 0 Å². The molecule has 0 aromatic heterocycles. The molecule has 0 aromatic carbocycles. The van der Waals surface area contributed by atoms with E-state index in [4.69, 9.17) is 4.74 Å². The summed E-state index contributed by atoms with van der Waals surface area (Å²) in [6, 6.07) is 0. The summed E-state index contributed by atoms with van der Waals surface area (Å²) in [5.41, 5.74) is 0.175. The Hall–Kier alpha value is -1.46. The maximum Gasteiger partial charge on any atom is 0.333 e. The van der Waals surface area contributed by atoms with Gasteiger partial charge in [-0.25, -0.2) is 4.79 Å². The van der Waals surface area contributed by atoms with Gasteiger partial charge in [-0.05, 0) is 44.6 Å². The van der Waals surface area contributed by atoms with Crippen LogP contribution in [0.2, 0.25) is 0 Å². The third kappa shape index (κ3) is 7.57. The van der Waals surface area contributed by atoms with Gasteiger partial charge in [0.1, 0.15) is 0 Å². The van der Waals surface area contributed by atoms with Crippen LogP contribution in [0, 0.1) is 11.3 Å². The molecule has 0 bridgehead atoms. The van der Waals surface area contributed by atoms with Gasteiger partial charge in [-0.1, -0.05) is 20.1 Å². The molecule has 5 nitrogen and oxygen atoms in total. The Labute approximate surface area is 139 Å². The molecular formula is C18H30O5. The molecule has 0 amide bonds. The van der Waals surface area contributed by atoms with Crippen molar-refractivity contribution >= 4 is 11.8 Å². The summed E-state index contributed by atoms with van der Waals surface area (Å²) in [5.74, 6) is -0.631. The van der Waals surface area contributed by atoms with Gasteiger partial charge in [0.15, 0.2) is 5.78 Å². The van der Waals surface area contributed by atoms with E-state index < -0.39 is 11.4 Å². The first-order chi connectivity index (χ1) is 10.7. The Kier molecular flexibility index (Phi) is 9.68. The van der Waals surface area contributed by atoms with Crippen molar-refractivity contribution in [2.24, 2.45) is 11.3 Å².